The molecule has 60 valence electrons. The van der Waals surface area contributed by atoms with E-state index in [1.54, 1.807) is 6.92 Å². The van der Waals surface area contributed by atoms with E-state index in [0.29, 0.717) is 0 Å². The van der Waals surface area contributed by atoms with Gasteiger partial charge in [-0.2, -0.15) is 0 Å². The molecule has 0 radical (unpaired) electrons. The van der Waals surface area contributed by atoms with Crippen LogP contribution in [0.2, 0.25) is 0 Å². The number of ketones is 1. The molecule has 0 bridgehead atoms. The predicted molar refractivity (Wildman–Crippen MR) is 34.1 cm³/mol. The molecule has 0 amide bonds. The van der Waals surface area contributed by atoms with Crippen molar-refractivity contribution >= 4 is 5.78 Å². The smallest absolute Gasteiger partial charge is 0.285 e. The van der Waals surface area contributed by atoms with Crippen LogP contribution in [-0.2, 0) is 9.53 Å². The monoisotopic (exact) mass is 148 g/mol. The summed E-state index contributed by atoms with van der Waals surface area (Å²) in [6.07, 6.45) is -0.388. The molecule has 0 aromatic heterocycles. The first kappa shape index (κ1) is 9.55. The van der Waals surface area contributed by atoms with Crippen LogP contribution in [0.1, 0.15) is 20.3 Å². The van der Waals surface area contributed by atoms with E-state index in [4.69, 9.17) is 10.2 Å². The van der Waals surface area contributed by atoms with Gasteiger partial charge in [0.05, 0.1) is 6.42 Å². The minimum atomic E-state index is -2.28. The third kappa shape index (κ3) is 4.43. The van der Waals surface area contributed by atoms with E-state index in [9.17, 15) is 4.79 Å². The first-order chi connectivity index (χ1) is 4.48. The van der Waals surface area contributed by atoms with Gasteiger partial charge in [-0.25, -0.2) is 0 Å². The molecule has 0 fully saturated rings. The molecule has 0 aliphatic heterocycles. The van der Waals surface area contributed by atoms with Crippen LogP contribution in [-0.4, -0.2) is 28.6 Å². The Balaban J connectivity index is 3.74. The van der Waals surface area contributed by atoms with Crippen molar-refractivity contribution in [2.45, 2.75) is 26.2 Å². The molecular weight excluding hydrogens is 136 g/mol. The van der Waals surface area contributed by atoms with Gasteiger partial charge in [-0.3, -0.25) is 4.79 Å². The van der Waals surface area contributed by atoms with Gasteiger partial charge in [0, 0.05) is 6.61 Å². The average molecular weight is 148 g/mol. The highest BCUT2D eigenvalue weighted by Crippen LogP contribution is 2.07. The zero-order valence-corrected chi connectivity index (χ0v) is 6.13. The number of hydrogen-bond donors (Lipinski definition) is 2. The van der Waals surface area contributed by atoms with Crippen LogP contribution in [0.5, 0.6) is 0 Å². The first-order valence-corrected chi connectivity index (χ1v) is 3.06. The topological polar surface area (TPSA) is 66.8 Å². The third-order valence-corrected chi connectivity index (χ3v) is 0.855. The number of hydrogen-bond acceptors (Lipinski definition) is 4. The Morgan fingerprint density at radius 3 is 2.40 bits per heavy atom. The molecule has 0 rings (SSSR count). The van der Waals surface area contributed by atoms with Crippen molar-refractivity contribution in [3.8, 4) is 0 Å². The second-order valence-electron chi connectivity index (χ2n) is 2.05. The molecule has 0 heterocycles. The predicted octanol–water partition coefficient (Wildman–Crippen LogP) is -0.360. The fourth-order valence-electron chi connectivity index (χ4n) is 0.606. The molecule has 0 aromatic rings. The maximum Gasteiger partial charge on any atom is 0.285 e. The van der Waals surface area contributed by atoms with Crippen LogP contribution in [0.15, 0.2) is 0 Å². The summed E-state index contributed by atoms with van der Waals surface area (Å²) in [5.41, 5.74) is 0. The second kappa shape index (κ2) is 3.65. The van der Waals surface area contributed by atoms with Crippen LogP contribution in [0.25, 0.3) is 0 Å². The lowest BCUT2D eigenvalue weighted by Gasteiger charge is -2.18. The van der Waals surface area contributed by atoms with Gasteiger partial charge in [0.15, 0.2) is 0 Å². The Hall–Kier alpha value is -0.450. The SMILES string of the molecule is CCOC(O)(O)CC(C)=O. The fourth-order valence-corrected chi connectivity index (χ4v) is 0.606. The lowest BCUT2D eigenvalue weighted by molar-refractivity contribution is -0.333. The molecule has 0 aliphatic carbocycles. The summed E-state index contributed by atoms with van der Waals surface area (Å²) in [6, 6.07) is 0. The lowest BCUT2D eigenvalue weighted by Crippen LogP contribution is -2.33. The molecule has 4 heteroatoms. The molecule has 10 heavy (non-hydrogen) atoms. The van der Waals surface area contributed by atoms with Crippen molar-refractivity contribution in [1.82, 2.24) is 0 Å². The maximum absolute atomic E-state index is 10.3. The number of Topliss-reactive ketones (excluding diaryl/α,β-unsaturated/α-hetero) is 1. The van der Waals surface area contributed by atoms with E-state index in [-0.39, 0.29) is 18.8 Å². The molecule has 0 atom stereocenters. The molecule has 0 spiro atoms. The van der Waals surface area contributed by atoms with E-state index >= 15 is 0 Å². The van der Waals surface area contributed by atoms with Gasteiger partial charge in [0.2, 0.25) is 0 Å². The standard InChI is InChI=1S/C6H12O4/c1-3-10-6(8,9)4-5(2)7/h8-9H,3-4H2,1-2H3. The minimum absolute atomic E-state index is 0.167. The Labute approximate surface area is 59.4 Å². The van der Waals surface area contributed by atoms with Gasteiger partial charge in [0.1, 0.15) is 5.78 Å². The van der Waals surface area contributed by atoms with Crippen LogP contribution in [0.4, 0.5) is 0 Å². The number of carbonyl (C=O) groups excluding carboxylic acids is 1. The van der Waals surface area contributed by atoms with E-state index < -0.39 is 5.97 Å². The average Bonchev–Trinajstić information content (AvgIpc) is 1.59. The summed E-state index contributed by atoms with van der Waals surface area (Å²) in [7, 11) is 0. The Bertz CT molecular complexity index is 119. The second-order valence-corrected chi connectivity index (χ2v) is 2.05. The summed E-state index contributed by atoms with van der Waals surface area (Å²) in [4.78, 5) is 10.3. The van der Waals surface area contributed by atoms with Crippen molar-refractivity contribution < 1.29 is 19.7 Å². The highest BCUT2D eigenvalue weighted by atomic mass is 16.8. The molecule has 0 saturated carbocycles. The normalized spacial score (nSPS) is 11.6. The summed E-state index contributed by atoms with van der Waals surface area (Å²) in [5.74, 6) is -2.60. The van der Waals surface area contributed by atoms with Crippen molar-refractivity contribution in [2.75, 3.05) is 6.61 Å². The number of ether oxygens (including phenoxy) is 1. The minimum Gasteiger partial charge on any atom is -0.343 e. The highest BCUT2D eigenvalue weighted by Gasteiger charge is 2.24. The van der Waals surface area contributed by atoms with E-state index in [1.165, 1.54) is 6.92 Å². The van der Waals surface area contributed by atoms with Crippen LogP contribution in [0, 0.1) is 0 Å². The largest absolute Gasteiger partial charge is 0.343 e. The molecule has 4 nitrogen and oxygen atoms in total. The zero-order valence-electron chi connectivity index (χ0n) is 6.13. The van der Waals surface area contributed by atoms with Gasteiger partial charge in [-0.15, -0.1) is 0 Å². The summed E-state index contributed by atoms with van der Waals surface area (Å²) in [6.45, 7) is 3.04. The molecule has 2 N–H and O–H groups in total. The molecule has 0 aromatic carbocycles. The summed E-state index contributed by atoms with van der Waals surface area (Å²) in [5, 5.41) is 17.6. The van der Waals surface area contributed by atoms with Crippen molar-refractivity contribution in [3.05, 3.63) is 0 Å². The summed E-state index contributed by atoms with van der Waals surface area (Å²) < 4.78 is 4.43. The highest BCUT2D eigenvalue weighted by molar-refractivity contribution is 5.76. The van der Waals surface area contributed by atoms with Crippen molar-refractivity contribution in [3.63, 3.8) is 0 Å². The third-order valence-electron chi connectivity index (χ3n) is 0.855. The zero-order chi connectivity index (χ0) is 8.20. The Kier molecular flexibility index (Phi) is 3.49. The van der Waals surface area contributed by atoms with E-state index in [1.807, 2.05) is 0 Å². The first-order valence-electron chi connectivity index (χ1n) is 3.06. The van der Waals surface area contributed by atoms with E-state index in [2.05, 4.69) is 4.74 Å². The number of aliphatic hydroxyl groups is 2. The van der Waals surface area contributed by atoms with Gasteiger partial charge in [-0.1, -0.05) is 0 Å². The summed E-state index contributed by atoms with van der Waals surface area (Å²) >= 11 is 0. The van der Waals surface area contributed by atoms with Gasteiger partial charge >= 0.3 is 0 Å². The molecule has 0 unspecified atom stereocenters. The van der Waals surface area contributed by atoms with Crippen molar-refractivity contribution in [1.29, 1.82) is 0 Å². The van der Waals surface area contributed by atoms with Gasteiger partial charge < -0.3 is 14.9 Å². The Morgan fingerprint density at radius 1 is 1.60 bits per heavy atom. The lowest BCUT2D eigenvalue weighted by atomic mass is 10.3. The fraction of sp³-hybridized carbons (Fsp3) is 0.833. The van der Waals surface area contributed by atoms with Crippen LogP contribution in [0.3, 0.4) is 0 Å². The van der Waals surface area contributed by atoms with Crippen LogP contribution < -0.4 is 0 Å². The van der Waals surface area contributed by atoms with Crippen LogP contribution >= 0.6 is 0 Å². The quantitative estimate of drug-likeness (QED) is 0.534. The molecule has 0 aliphatic rings. The number of carbonyl (C=O) groups is 1. The van der Waals surface area contributed by atoms with E-state index in [0.717, 1.165) is 0 Å². The van der Waals surface area contributed by atoms with Gasteiger partial charge in [0.25, 0.3) is 5.97 Å². The number of rotatable bonds is 4. The maximum atomic E-state index is 10.3. The molecular formula is C6H12O4. The molecule has 0 saturated heterocycles. The Morgan fingerprint density at radius 2 is 2.10 bits per heavy atom. The van der Waals surface area contributed by atoms with Crippen molar-refractivity contribution in [2.24, 2.45) is 0 Å². The van der Waals surface area contributed by atoms with Gasteiger partial charge in [-0.05, 0) is 13.8 Å².